The molecule has 3 nitrogen and oxygen atoms in total. The highest BCUT2D eigenvalue weighted by molar-refractivity contribution is 5.81. The van der Waals surface area contributed by atoms with Crippen molar-refractivity contribution in [3.63, 3.8) is 0 Å². The fourth-order valence-electron chi connectivity index (χ4n) is 2.53. The van der Waals surface area contributed by atoms with Gasteiger partial charge in [0.1, 0.15) is 11.6 Å². The SMILES string of the molecule is CN(C)C(=O)C1CC(c2cc(F)cc(F)c2)CCN1. The Hall–Kier alpha value is -1.49. The average Bonchev–Trinajstić information content (AvgIpc) is 2.36. The molecule has 104 valence electrons. The van der Waals surface area contributed by atoms with Crippen LogP contribution in [-0.2, 0) is 4.79 Å². The zero-order chi connectivity index (χ0) is 14.0. The molecule has 1 heterocycles. The summed E-state index contributed by atoms with van der Waals surface area (Å²) in [6.07, 6.45) is 1.35. The normalized spacial score (nSPS) is 23.2. The lowest BCUT2D eigenvalue weighted by molar-refractivity contribution is -0.131. The van der Waals surface area contributed by atoms with E-state index in [4.69, 9.17) is 0 Å². The summed E-state index contributed by atoms with van der Waals surface area (Å²) in [4.78, 5) is 13.5. The standard InChI is InChI=1S/C14H18F2N2O/c1-18(2)14(19)13-7-9(3-4-17-13)10-5-11(15)8-12(16)6-10/h5-6,8-9,13,17H,3-4,7H2,1-2H3. The summed E-state index contributed by atoms with van der Waals surface area (Å²) < 4.78 is 26.5. The van der Waals surface area contributed by atoms with Gasteiger partial charge in [-0.05, 0) is 43.0 Å². The Balaban J connectivity index is 2.14. The highest BCUT2D eigenvalue weighted by Crippen LogP contribution is 2.29. The van der Waals surface area contributed by atoms with Crippen molar-refractivity contribution < 1.29 is 13.6 Å². The minimum Gasteiger partial charge on any atom is -0.347 e. The third-order valence-corrected chi connectivity index (χ3v) is 3.50. The first-order chi connectivity index (χ1) is 8.97. The number of benzene rings is 1. The summed E-state index contributed by atoms with van der Waals surface area (Å²) in [5, 5.41) is 3.15. The molecular formula is C14H18F2N2O. The molecule has 1 amide bonds. The number of nitrogens with zero attached hydrogens (tertiary/aromatic N) is 1. The molecule has 0 aliphatic carbocycles. The lowest BCUT2D eigenvalue weighted by Crippen LogP contribution is -2.47. The Morgan fingerprint density at radius 1 is 1.26 bits per heavy atom. The topological polar surface area (TPSA) is 32.3 Å². The van der Waals surface area contributed by atoms with Crippen LogP contribution in [0.5, 0.6) is 0 Å². The van der Waals surface area contributed by atoms with E-state index in [2.05, 4.69) is 5.32 Å². The first kappa shape index (κ1) is 13.9. The molecule has 19 heavy (non-hydrogen) atoms. The molecule has 0 bridgehead atoms. The van der Waals surface area contributed by atoms with E-state index >= 15 is 0 Å². The summed E-state index contributed by atoms with van der Waals surface area (Å²) in [6, 6.07) is 3.31. The van der Waals surface area contributed by atoms with Crippen molar-refractivity contribution in [2.24, 2.45) is 0 Å². The van der Waals surface area contributed by atoms with E-state index in [9.17, 15) is 13.6 Å². The second-order valence-electron chi connectivity index (χ2n) is 5.16. The van der Waals surface area contributed by atoms with Crippen molar-refractivity contribution in [3.05, 3.63) is 35.4 Å². The predicted molar refractivity (Wildman–Crippen MR) is 68.8 cm³/mol. The van der Waals surface area contributed by atoms with Crippen molar-refractivity contribution in [2.75, 3.05) is 20.6 Å². The fraction of sp³-hybridized carbons (Fsp3) is 0.500. The maximum Gasteiger partial charge on any atom is 0.239 e. The minimum atomic E-state index is -0.566. The van der Waals surface area contributed by atoms with Crippen LogP contribution in [0.4, 0.5) is 8.78 Å². The predicted octanol–water partition coefficient (Wildman–Crippen LogP) is 1.89. The van der Waals surface area contributed by atoms with Gasteiger partial charge in [-0.25, -0.2) is 8.78 Å². The van der Waals surface area contributed by atoms with Crippen LogP contribution in [0, 0.1) is 11.6 Å². The highest BCUT2D eigenvalue weighted by Gasteiger charge is 2.29. The lowest BCUT2D eigenvalue weighted by atomic mass is 9.86. The monoisotopic (exact) mass is 268 g/mol. The molecule has 2 unspecified atom stereocenters. The summed E-state index contributed by atoms with van der Waals surface area (Å²) in [5.41, 5.74) is 0.635. The Labute approximate surface area is 111 Å². The second-order valence-corrected chi connectivity index (χ2v) is 5.16. The van der Waals surface area contributed by atoms with Crippen molar-refractivity contribution in [1.82, 2.24) is 10.2 Å². The minimum absolute atomic E-state index is 0.00146. The van der Waals surface area contributed by atoms with E-state index in [1.807, 2.05) is 0 Å². The van der Waals surface area contributed by atoms with Crippen LogP contribution >= 0.6 is 0 Å². The Kier molecular flexibility index (Phi) is 4.14. The quantitative estimate of drug-likeness (QED) is 0.888. The molecule has 1 fully saturated rings. The van der Waals surface area contributed by atoms with Gasteiger partial charge in [-0.2, -0.15) is 0 Å². The molecule has 0 aromatic heterocycles. The number of likely N-dealkylation sites (N-methyl/N-ethyl adjacent to an activating group) is 1. The first-order valence-electron chi connectivity index (χ1n) is 6.38. The number of piperidine rings is 1. The van der Waals surface area contributed by atoms with Gasteiger partial charge in [0.2, 0.25) is 5.91 Å². The number of carbonyl (C=O) groups is 1. The summed E-state index contributed by atoms with van der Waals surface area (Å²) in [5.74, 6) is -1.12. The van der Waals surface area contributed by atoms with E-state index in [0.29, 0.717) is 18.5 Å². The zero-order valence-corrected chi connectivity index (χ0v) is 11.1. The Morgan fingerprint density at radius 3 is 2.47 bits per heavy atom. The van der Waals surface area contributed by atoms with E-state index < -0.39 is 11.6 Å². The molecule has 1 aromatic carbocycles. The number of halogens is 2. The number of nitrogens with one attached hydrogen (secondary N) is 1. The Morgan fingerprint density at radius 2 is 1.89 bits per heavy atom. The van der Waals surface area contributed by atoms with Gasteiger partial charge in [-0.1, -0.05) is 0 Å². The smallest absolute Gasteiger partial charge is 0.239 e. The van der Waals surface area contributed by atoms with Crippen molar-refractivity contribution in [3.8, 4) is 0 Å². The molecule has 1 aliphatic rings. The molecule has 2 atom stereocenters. The van der Waals surface area contributed by atoms with Crippen molar-refractivity contribution in [1.29, 1.82) is 0 Å². The van der Waals surface area contributed by atoms with Gasteiger partial charge in [0.25, 0.3) is 0 Å². The van der Waals surface area contributed by atoms with E-state index in [0.717, 1.165) is 12.5 Å². The first-order valence-corrected chi connectivity index (χ1v) is 6.38. The van der Waals surface area contributed by atoms with Crippen molar-refractivity contribution >= 4 is 5.91 Å². The molecule has 5 heteroatoms. The molecule has 0 radical (unpaired) electrons. The largest absolute Gasteiger partial charge is 0.347 e. The maximum atomic E-state index is 13.2. The van der Waals surface area contributed by atoms with Gasteiger partial charge in [-0.3, -0.25) is 4.79 Å². The third-order valence-electron chi connectivity index (χ3n) is 3.50. The van der Waals surface area contributed by atoms with Gasteiger partial charge in [0, 0.05) is 20.2 Å². The molecule has 1 aromatic rings. The zero-order valence-electron chi connectivity index (χ0n) is 11.1. The van der Waals surface area contributed by atoms with Gasteiger partial charge >= 0.3 is 0 Å². The number of amides is 1. The molecule has 2 rings (SSSR count). The van der Waals surface area contributed by atoms with E-state index in [1.165, 1.54) is 17.0 Å². The third kappa shape index (κ3) is 3.29. The van der Waals surface area contributed by atoms with E-state index in [-0.39, 0.29) is 17.9 Å². The lowest BCUT2D eigenvalue weighted by Gasteiger charge is -2.31. The molecule has 1 N–H and O–H groups in total. The number of rotatable bonds is 2. The molecule has 0 spiro atoms. The fourth-order valence-corrected chi connectivity index (χ4v) is 2.53. The number of hydrogen-bond donors (Lipinski definition) is 1. The summed E-state index contributed by atoms with van der Waals surface area (Å²) >= 11 is 0. The van der Waals surface area contributed by atoms with Crippen molar-refractivity contribution in [2.45, 2.75) is 24.8 Å². The van der Waals surface area contributed by atoms with Crippen LogP contribution in [0.2, 0.25) is 0 Å². The molecule has 1 saturated heterocycles. The highest BCUT2D eigenvalue weighted by atomic mass is 19.1. The van der Waals surface area contributed by atoms with Gasteiger partial charge < -0.3 is 10.2 Å². The molecular weight excluding hydrogens is 250 g/mol. The van der Waals surface area contributed by atoms with Crippen LogP contribution in [-0.4, -0.2) is 37.5 Å². The number of carbonyl (C=O) groups excluding carboxylic acids is 1. The van der Waals surface area contributed by atoms with Crippen LogP contribution in [0.15, 0.2) is 18.2 Å². The van der Waals surface area contributed by atoms with Gasteiger partial charge in [0.15, 0.2) is 0 Å². The average molecular weight is 268 g/mol. The molecule has 1 aliphatic heterocycles. The van der Waals surface area contributed by atoms with Crippen LogP contribution in [0.1, 0.15) is 24.3 Å². The number of hydrogen-bond acceptors (Lipinski definition) is 2. The molecule has 0 saturated carbocycles. The summed E-state index contributed by atoms with van der Waals surface area (Å²) in [7, 11) is 3.41. The van der Waals surface area contributed by atoms with Gasteiger partial charge in [0.05, 0.1) is 6.04 Å². The van der Waals surface area contributed by atoms with Gasteiger partial charge in [-0.15, -0.1) is 0 Å². The van der Waals surface area contributed by atoms with E-state index in [1.54, 1.807) is 14.1 Å². The van der Waals surface area contributed by atoms with Crippen LogP contribution in [0.25, 0.3) is 0 Å². The maximum absolute atomic E-state index is 13.2. The Bertz CT molecular complexity index is 456. The second kappa shape index (κ2) is 5.65. The van der Waals surface area contributed by atoms with Crippen LogP contribution in [0.3, 0.4) is 0 Å². The summed E-state index contributed by atoms with van der Waals surface area (Å²) in [6.45, 7) is 0.674. The van der Waals surface area contributed by atoms with Crippen LogP contribution < -0.4 is 5.32 Å².